The Morgan fingerprint density at radius 1 is 1.10 bits per heavy atom. The molecule has 0 fully saturated rings. The van der Waals surface area contributed by atoms with Gasteiger partial charge in [-0.25, -0.2) is 19.0 Å². The number of nitrogens with two attached hydrogens (primary N) is 1. The Kier molecular flexibility index (Phi) is 6.56. The number of benzene rings is 2. The largest absolute Gasteiger partial charge is 0.497 e. The van der Waals surface area contributed by atoms with Gasteiger partial charge in [-0.2, -0.15) is 0 Å². The smallest absolute Gasteiger partial charge is 0.243 e. The Labute approximate surface area is 174 Å². The number of ether oxygens (including phenoxy) is 1. The molecule has 0 atom stereocenters. The normalized spacial score (nSPS) is 11.3. The lowest BCUT2D eigenvalue weighted by molar-refractivity contribution is -0.129. The fraction of sp³-hybridized carbons (Fsp3) is 0.190. The van der Waals surface area contributed by atoms with Gasteiger partial charge in [0.05, 0.1) is 12.0 Å². The van der Waals surface area contributed by atoms with Crippen LogP contribution in [0.4, 0.5) is 0 Å². The number of rotatable bonds is 8. The van der Waals surface area contributed by atoms with Crippen LogP contribution in [-0.4, -0.2) is 26.6 Å². The lowest BCUT2D eigenvalue weighted by Gasteiger charge is -2.06. The Bertz CT molecular complexity index is 1120. The minimum atomic E-state index is -3.79. The van der Waals surface area contributed by atoms with Crippen molar-refractivity contribution in [2.24, 2.45) is 5.14 Å². The van der Waals surface area contributed by atoms with E-state index >= 15 is 0 Å². The Hall–Kier alpha value is -3.14. The van der Waals surface area contributed by atoms with E-state index in [1.165, 1.54) is 12.1 Å². The molecule has 3 rings (SSSR count). The molecular formula is C21H22N2O6S. The summed E-state index contributed by atoms with van der Waals surface area (Å²) in [7, 11) is -2.20. The summed E-state index contributed by atoms with van der Waals surface area (Å²) in [4.78, 5) is 11.2. The summed E-state index contributed by atoms with van der Waals surface area (Å²) >= 11 is 0. The maximum Gasteiger partial charge on any atom is 0.243 e. The van der Waals surface area contributed by atoms with Crippen LogP contribution < -0.4 is 15.4 Å². The second-order valence-electron chi connectivity index (χ2n) is 6.64. The Morgan fingerprint density at radius 2 is 1.73 bits per heavy atom. The maximum atomic E-state index is 11.5. The minimum Gasteiger partial charge on any atom is -0.497 e. The van der Waals surface area contributed by atoms with Gasteiger partial charge in [-0.15, -0.1) is 0 Å². The molecule has 0 saturated heterocycles. The summed E-state index contributed by atoms with van der Waals surface area (Å²) in [6.45, 7) is 0. The van der Waals surface area contributed by atoms with Gasteiger partial charge in [-0.3, -0.25) is 10.0 Å². The van der Waals surface area contributed by atoms with Crippen molar-refractivity contribution in [3.63, 3.8) is 0 Å². The molecule has 9 heteroatoms. The molecule has 4 N–H and O–H groups in total. The zero-order valence-electron chi connectivity index (χ0n) is 16.3. The molecular weight excluding hydrogens is 408 g/mol. The van der Waals surface area contributed by atoms with E-state index in [0.29, 0.717) is 29.9 Å². The van der Waals surface area contributed by atoms with Gasteiger partial charge in [-0.1, -0.05) is 12.1 Å². The Balaban J connectivity index is 1.97. The van der Waals surface area contributed by atoms with Crippen molar-refractivity contribution >= 4 is 15.9 Å². The van der Waals surface area contributed by atoms with Crippen molar-refractivity contribution in [3.8, 4) is 28.2 Å². The van der Waals surface area contributed by atoms with Gasteiger partial charge in [0.2, 0.25) is 15.9 Å². The molecule has 8 nitrogen and oxygen atoms in total. The first kappa shape index (κ1) is 21.6. The summed E-state index contributed by atoms with van der Waals surface area (Å²) in [5.74, 6) is 1.49. The number of hydroxylamine groups is 1. The molecule has 0 radical (unpaired) electrons. The molecule has 30 heavy (non-hydrogen) atoms. The van der Waals surface area contributed by atoms with Crippen LogP contribution in [0.1, 0.15) is 18.6 Å². The quantitative estimate of drug-likeness (QED) is 0.372. The molecule has 0 bridgehead atoms. The third kappa shape index (κ3) is 5.07. The molecule has 158 valence electrons. The number of primary sulfonamides is 1. The predicted octanol–water partition coefficient (Wildman–Crippen LogP) is 3.10. The average Bonchev–Trinajstić information content (AvgIpc) is 3.17. The van der Waals surface area contributed by atoms with Gasteiger partial charge in [0.25, 0.3) is 0 Å². The maximum absolute atomic E-state index is 11.5. The van der Waals surface area contributed by atoms with E-state index in [1.54, 1.807) is 24.7 Å². The molecule has 0 aliphatic heterocycles. The second kappa shape index (κ2) is 9.12. The Morgan fingerprint density at radius 3 is 2.30 bits per heavy atom. The standard InChI is InChI=1S/C21H22N2O6S/c1-28-16-9-5-14(6-10-16)19-13-17(3-2-4-20(24)23-25)29-21(19)15-7-11-18(12-8-15)30(22,26)27/h5-13,25H,2-4H2,1H3,(H,23,24)(H2,22,26,27). The van der Waals surface area contributed by atoms with Crippen molar-refractivity contribution in [1.29, 1.82) is 0 Å². The number of hydrogen-bond acceptors (Lipinski definition) is 6. The van der Waals surface area contributed by atoms with Crippen LogP contribution in [0.3, 0.4) is 0 Å². The highest BCUT2D eigenvalue weighted by atomic mass is 32.2. The summed E-state index contributed by atoms with van der Waals surface area (Å²) in [5, 5.41) is 13.8. The van der Waals surface area contributed by atoms with Crippen LogP contribution in [0, 0.1) is 0 Å². The third-order valence-corrected chi connectivity index (χ3v) is 5.51. The van der Waals surface area contributed by atoms with Crippen molar-refractivity contribution < 1.29 is 27.6 Å². The predicted molar refractivity (Wildman–Crippen MR) is 110 cm³/mol. The number of aryl methyl sites for hydroxylation is 1. The second-order valence-corrected chi connectivity index (χ2v) is 8.20. The molecule has 1 heterocycles. The molecule has 0 saturated carbocycles. The molecule has 0 aliphatic rings. The third-order valence-electron chi connectivity index (χ3n) is 4.58. The molecule has 2 aromatic carbocycles. The van der Waals surface area contributed by atoms with Crippen molar-refractivity contribution in [2.45, 2.75) is 24.2 Å². The summed E-state index contributed by atoms with van der Waals surface area (Å²) in [6.07, 6.45) is 1.14. The topological polar surface area (TPSA) is 132 Å². The first-order chi connectivity index (χ1) is 14.3. The van der Waals surface area contributed by atoms with Crippen LogP contribution >= 0.6 is 0 Å². The minimum absolute atomic E-state index is 0.0130. The van der Waals surface area contributed by atoms with Crippen molar-refractivity contribution in [2.75, 3.05) is 7.11 Å². The van der Waals surface area contributed by atoms with E-state index in [2.05, 4.69) is 0 Å². The highest BCUT2D eigenvalue weighted by molar-refractivity contribution is 7.89. The van der Waals surface area contributed by atoms with Crippen molar-refractivity contribution in [3.05, 3.63) is 60.4 Å². The van der Waals surface area contributed by atoms with E-state index < -0.39 is 15.9 Å². The zero-order valence-corrected chi connectivity index (χ0v) is 17.1. The summed E-state index contributed by atoms with van der Waals surface area (Å²) in [5.41, 5.74) is 4.01. The number of carbonyl (C=O) groups excluding carboxylic acids is 1. The molecule has 0 spiro atoms. The number of nitrogens with one attached hydrogen (secondary N) is 1. The number of amides is 1. The molecule has 0 unspecified atom stereocenters. The molecule has 1 amide bonds. The highest BCUT2D eigenvalue weighted by Gasteiger charge is 2.17. The van der Waals surface area contributed by atoms with Gasteiger partial charge in [0.15, 0.2) is 0 Å². The van der Waals surface area contributed by atoms with Crippen LogP contribution in [-0.2, 0) is 21.2 Å². The van der Waals surface area contributed by atoms with E-state index in [-0.39, 0.29) is 11.3 Å². The van der Waals surface area contributed by atoms with E-state index in [9.17, 15) is 13.2 Å². The van der Waals surface area contributed by atoms with Gasteiger partial charge < -0.3 is 9.15 Å². The number of furan rings is 1. The lowest BCUT2D eigenvalue weighted by Crippen LogP contribution is -2.17. The summed E-state index contributed by atoms with van der Waals surface area (Å²) in [6, 6.07) is 15.5. The summed E-state index contributed by atoms with van der Waals surface area (Å²) < 4.78 is 34.3. The SMILES string of the molecule is COc1ccc(-c2cc(CCCC(=O)NO)oc2-c2ccc(S(N)(=O)=O)cc2)cc1. The van der Waals surface area contributed by atoms with Crippen LogP contribution in [0.2, 0.25) is 0 Å². The van der Waals surface area contributed by atoms with Gasteiger partial charge in [0, 0.05) is 24.0 Å². The van der Waals surface area contributed by atoms with Gasteiger partial charge in [-0.05, 0) is 54.4 Å². The zero-order chi connectivity index (χ0) is 21.7. The first-order valence-electron chi connectivity index (χ1n) is 9.15. The number of methoxy groups -OCH3 is 1. The average molecular weight is 430 g/mol. The highest BCUT2D eigenvalue weighted by Crippen LogP contribution is 2.36. The van der Waals surface area contributed by atoms with E-state index in [0.717, 1.165) is 16.9 Å². The van der Waals surface area contributed by atoms with Crippen molar-refractivity contribution in [1.82, 2.24) is 5.48 Å². The lowest BCUT2D eigenvalue weighted by atomic mass is 10.0. The number of hydrogen-bond donors (Lipinski definition) is 3. The van der Waals surface area contributed by atoms with Crippen LogP contribution in [0.5, 0.6) is 5.75 Å². The van der Waals surface area contributed by atoms with Gasteiger partial charge >= 0.3 is 0 Å². The van der Waals surface area contributed by atoms with Crippen LogP contribution in [0.25, 0.3) is 22.5 Å². The molecule has 1 aromatic heterocycles. The van der Waals surface area contributed by atoms with Crippen LogP contribution in [0.15, 0.2) is 63.9 Å². The number of carbonyl (C=O) groups is 1. The number of sulfonamides is 1. The monoisotopic (exact) mass is 430 g/mol. The van der Waals surface area contributed by atoms with Gasteiger partial charge in [0.1, 0.15) is 17.3 Å². The first-order valence-corrected chi connectivity index (χ1v) is 10.7. The fourth-order valence-electron chi connectivity index (χ4n) is 3.04. The van der Waals surface area contributed by atoms with E-state index in [4.69, 9.17) is 19.5 Å². The fourth-order valence-corrected chi connectivity index (χ4v) is 3.56. The molecule has 0 aliphatic carbocycles. The van der Waals surface area contributed by atoms with E-state index in [1.807, 2.05) is 30.3 Å². The molecule has 3 aromatic rings.